The van der Waals surface area contributed by atoms with Crippen LogP contribution in [-0.2, 0) is 11.3 Å². The minimum atomic E-state index is -0.900. The molecule has 1 aromatic rings. The fourth-order valence-corrected chi connectivity index (χ4v) is 3.45. The van der Waals surface area contributed by atoms with Crippen LogP contribution in [0.1, 0.15) is 23.3 Å². The van der Waals surface area contributed by atoms with Crippen molar-refractivity contribution in [2.75, 3.05) is 27.2 Å². The zero-order valence-electron chi connectivity index (χ0n) is 12.1. The van der Waals surface area contributed by atoms with E-state index in [4.69, 9.17) is 5.11 Å². The first-order valence-corrected chi connectivity index (χ1v) is 7.80. The van der Waals surface area contributed by atoms with Crippen molar-refractivity contribution in [2.45, 2.75) is 25.4 Å². The largest absolute Gasteiger partial charge is 0.478 e. The highest BCUT2D eigenvalue weighted by Crippen LogP contribution is 2.21. The van der Waals surface area contributed by atoms with Crippen LogP contribution < -0.4 is 0 Å². The van der Waals surface area contributed by atoms with Crippen LogP contribution in [0.4, 0.5) is 0 Å². The van der Waals surface area contributed by atoms with Crippen LogP contribution in [0.5, 0.6) is 0 Å². The van der Waals surface area contributed by atoms with Gasteiger partial charge in [-0.15, -0.1) is 11.3 Å². The predicted molar refractivity (Wildman–Crippen MR) is 83.0 cm³/mol. The standard InChI is InChI=1S/C15H22N2O2S/c1-16(2)13-5-7-17(8-6-13)10-14-9-12(11-20-14)3-4-15(18)19/h3-4,9,11,13H,5-8,10H2,1-2H3,(H,18,19). The minimum absolute atomic E-state index is 0.712. The maximum Gasteiger partial charge on any atom is 0.328 e. The Kier molecular flexibility index (Phi) is 5.34. The van der Waals surface area contributed by atoms with Crippen molar-refractivity contribution in [3.8, 4) is 0 Å². The number of nitrogens with zero attached hydrogens (tertiary/aromatic N) is 2. The number of piperidine rings is 1. The molecule has 1 N–H and O–H groups in total. The summed E-state index contributed by atoms with van der Waals surface area (Å²) in [6.07, 6.45) is 5.29. The van der Waals surface area contributed by atoms with Gasteiger partial charge in [-0.3, -0.25) is 4.90 Å². The highest BCUT2D eigenvalue weighted by atomic mass is 32.1. The van der Waals surface area contributed by atoms with Crippen LogP contribution in [0.3, 0.4) is 0 Å². The van der Waals surface area contributed by atoms with Gasteiger partial charge in [0, 0.05) is 36.6 Å². The molecule has 2 rings (SSSR count). The quantitative estimate of drug-likeness (QED) is 0.847. The lowest BCUT2D eigenvalue weighted by Crippen LogP contribution is -2.41. The number of hydrogen-bond donors (Lipinski definition) is 1. The van der Waals surface area contributed by atoms with Gasteiger partial charge in [-0.1, -0.05) is 0 Å². The van der Waals surface area contributed by atoms with Crippen molar-refractivity contribution < 1.29 is 9.90 Å². The number of carboxylic acid groups (broad SMARTS) is 1. The van der Waals surface area contributed by atoms with E-state index >= 15 is 0 Å². The zero-order chi connectivity index (χ0) is 14.5. The summed E-state index contributed by atoms with van der Waals surface area (Å²) in [5.41, 5.74) is 0.982. The Balaban J connectivity index is 1.84. The molecule has 1 aliphatic heterocycles. The van der Waals surface area contributed by atoms with Crippen molar-refractivity contribution >= 4 is 23.4 Å². The summed E-state index contributed by atoms with van der Waals surface area (Å²) in [5, 5.41) is 10.6. The molecule has 0 aliphatic carbocycles. The molecule has 2 heterocycles. The maximum absolute atomic E-state index is 10.5. The second-order valence-corrected chi connectivity index (χ2v) is 6.48. The van der Waals surface area contributed by atoms with E-state index in [1.54, 1.807) is 17.4 Å². The number of rotatable bonds is 5. The molecule has 0 aromatic carbocycles. The number of carboxylic acids is 1. The molecule has 1 aromatic heterocycles. The summed E-state index contributed by atoms with van der Waals surface area (Å²) in [4.78, 5) is 16.6. The van der Waals surface area contributed by atoms with E-state index in [0.29, 0.717) is 6.04 Å². The summed E-state index contributed by atoms with van der Waals surface area (Å²) >= 11 is 1.71. The lowest BCUT2D eigenvalue weighted by atomic mass is 10.0. The smallest absolute Gasteiger partial charge is 0.328 e. The third kappa shape index (κ3) is 4.44. The van der Waals surface area contributed by atoms with E-state index in [1.165, 1.54) is 23.8 Å². The Morgan fingerprint density at radius 3 is 2.80 bits per heavy atom. The fourth-order valence-electron chi connectivity index (χ4n) is 2.55. The molecule has 1 saturated heterocycles. The van der Waals surface area contributed by atoms with Gasteiger partial charge < -0.3 is 10.0 Å². The van der Waals surface area contributed by atoms with E-state index < -0.39 is 5.97 Å². The Bertz CT molecular complexity index is 474. The van der Waals surface area contributed by atoms with Crippen molar-refractivity contribution in [1.82, 2.24) is 9.80 Å². The van der Waals surface area contributed by atoms with Gasteiger partial charge in [-0.05, 0) is 50.0 Å². The molecule has 1 aliphatic rings. The highest BCUT2D eigenvalue weighted by molar-refractivity contribution is 7.10. The van der Waals surface area contributed by atoms with E-state index in [1.807, 2.05) is 5.38 Å². The van der Waals surface area contributed by atoms with Gasteiger partial charge in [0.05, 0.1) is 0 Å². The van der Waals surface area contributed by atoms with Crippen LogP contribution in [0.25, 0.3) is 6.08 Å². The van der Waals surface area contributed by atoms with Gasteiger partial charge in [-0.25, -0.2) is 4.79 Å². The van der Waals surface area contributed by atoms with Crippen LogP contribution >= 0.6 is 11.3 Å². The summed E-state index contributed by atoms with van der Waals surface area (Å²) in [5.74, 6) is -0.900. The third-order valence-electron chi connectivity index (χ3n) is 3.76. The summed E-state index contributed by atoms with van der Waals surface area (Å²) in [6.45, 7) is 3.26. The second kappa shape index (κ2) is 7.02. The maximum atomic E-state index is 10.5. The van der Waals surface area contributed by atoms with Gasteiger partial charge >= 0.3 is 5.97 Å². The van der Waals surface area contributed by atoms with Crippen molar-refractivity contribution in [2.24, 2.45) is 0 Å². The number of aliphatic carboxylic acids is 1. The first kappa shape index (κ1) is 15.2. The van der Waals surface area contributed by atoms with E-state index in [9.17, 15) is 4.79 Å². The van der Waals surface area contributed by atoms with Gasteiger partial charge in [0.15, 0.2) is 0 Å². The Hall–Kier alpha value is -1.17. The molecule has 5 heteroatoms. The molecular weight excluding hydrogens is 272 g/mol. The number of hydrogen-bond acceptors (Lipinski definition) is 4. The number of likely N-dealkylation sites (tertiary alicyclic amines) is 1. The first-order valence-electron chi connectivity index (χ1n) is 6.92. The molecule has 0 saturated carbocycles. The van der Waals surface area contributed by atoms with Crippen molar-refractivity contribution in [3.05, 3.63) is 28.0 Å². The highest BCUT2D eigenvalue weighted by Gasteiger charge is 2.20. The lowest BCUT2D eigenvalue weighted by molar-refractivity contribution is -0.131. The fraction of sp³-hybridized carbons (Fsp3) is 0.533. The summed E-state index contributed by atoms with van der Waals surface area (Å²) in [6, 6.07) is 2.80. The predicted octanol–water partition coefficient (Wildman–Crippen LogP) is 2.37. The number of carbonyl (C=O) groups is 1. The van der Waals surface area contributed by atoms with Crippen LogP contribution in [-0.4, -0.2) is 54.1 Å². The molecule has 110 valence electrons. The lowest BCUT2D eigenvalue weighted by Gasteiger charge is -2.34. The van der Waals surface area contributed by atoms with E-state index in [0.717, 1.165) is 25.2 Å². The van der Waals surface area contributed by atoms with E-state index in [2.05, 4.69) is 30.0 Å². The van der Waals surface area contributed by atoms with Crippen LogP contribution in [0.2, 0.25) is 0 Å². The normalized spacial score (nSPS) is 18.1. The molecule has 0 bridgehead atoms. The van der Waals surface area contributed by atoms with E-state index in [-0.39, 0.29) is 0 Å². The Morgan fingerprint density at radius 1 is 1.50 bits per heavy atom. The molecule has 20 heavy (non-hydrogen) atoms. The average molecular weight is 294 g/mol. The van der Waals surface area contributed by atoms with Gasteiger partial charge in [0.2, 0.25) is 0 Å². The summed E-state index contributed by atoms with van der Waals surface area (Å²) < 4.78 is 0. The SMILES string of the molecule is CN(C)C1CCN(Cc2cc(C=CC(=O)O)cs2)CC1. The Labute approximate surface area is 124 Å². The first-order chi connectivity index (χ1) is 9.54. The van der Waals surface area contributed by atoms with Gasteiger partial charge in [0.25, 0.3) is 0 Å². The molecule has 0 atom stereocenters. The minimum Gasteiger partial charge on any atom is -0.478 e. The second-order valence-electron chi connectivity index (χ2n) is 5.49. The molecule has 0 unspecified atom stereocenters. The van der Waals surface area contributed by atoms with Crippen LogP contribution in [0, 0.1) is 0 Å². The van der Waals surface area contributed by atoms with Gasteiger partial charge in [0.1, 0.15) is 0 Å². The monoisotopic (exact) mass is 294 g/mol. The molecule has 0 spiro atoms. The molecule has 4 nitrogen and oxygen atoms in total. The Morgan fingerprint density at radius 2 is 2.20 bits per heavy atom. The van der Waals surface area contributed by atoms with Crippen LogP contribution in [0.15, 0.2) is 17.5 Å². The summed E-state index contributed by atoms with van der Waals surface area (Å²) in [7, 11) is 4.31. The topological polar surface area (TPSA) is 43.8 Å². The third-order valence-corrected chi connectivity index (χ3v) is 4.70. The molecule has 1 fully saturated rings. The zero-order valence-corrected chi connectivity index (χ0v) is 12.9. The number of thiophene rings is 1. The molecule has 0 radical (unpaired) electrons. The van der Waals surface area contributed by atoms with Gasteiger partial charge in [-0.2, -0.15) is 0 Å². The molecule has 0 amide bonds. The molecular formula is C15H22N2O2S. The average Bonchev–Trinajstić information content (AvgIpc) is 2.84. The van der Waals surface area contributed by atoms with Crippen molar-refractivity contribution in [3.63, 3.8) is 0 Å². The van der Waals surface area contributed by atoms with Crippen molar-refractivity contribution in [1.29, 1.82) is 0 Å².